The van der Waals surface area contributed by atoms with Crippen LogP contribution in [0.25, 0.3) is 28.0 Å². The summed E-state index contributed by atoms with van der Waals surface area (Å²) < 4.78 is 1.59. The summed E-state index contributed by atoms with van der Waals surface area (Å²) in [5.41, 5.74) is 5.58. The van der Waals surface area contributed by atoms with Crippen molar-refractivity contribution in [2.24, 2.45) is 0 Å². The minimum Gasteiger partial charge on any atom is -0.293 e. The minimum absolute atomic E-state index is 0.0760. The van der Waals surface area contributed by atoms with Crippen LogP contribution in [0.2, 0.25) is 0 Å². The molecule has 1 saturated carbocycles. The van der Waals surface area contributed by atoms with Crippen molar-refractivity contribution < 1.29 is 0 Å². The van der Waals surface area contributed by atoms with Crippen LogP contribution in [0.5, 0.6) is 0 Å². The molecule has 4 heteroatoms. The molecule has 0 bridgehead atoms. The monoisotopic (exact) mass is 327 g/mol. The van der Waals surface area contributed by atoms with Crippen LogP contribution in [0.3, 0.4) is 0 Å². The van der Waals surface area contributed by atoms with Crippen molar-refractivity contribution in [1.82, 2.24) is 14.6 Å². The molecule has 1 aliphatic carbocycles. The zero-order valence-electron chi connectivity index (χ0n) is 13.6. The molecule has 0 amide bonds. The first-order valence-corrected chi connectivity index (χ1v) is 8.58. The van der Waals surface area contributed by atoms with Crippen molar-refractivity contribution in [1.29, 1.82) is 0 Å². The highest BCUT2D eigenvalue weighted by Gasteiger charge is 2.30. The predicted octanol–water partition coefficient (Wildman–Crippen LogP) is 4.23. The first-order chi connectivity index (χ1) is 12.3. The molecule has 4 aromatic rings. The van der Waals surface area contributed by atoms with E-state index in [1.54, 1.807) is 10.6 Å². The average molecular weight is 327 g/mol. The normalized spacial score (nSPS) is 14.1. The second-order valence-corrected chi connectivity index (χ2v) is 6.55. The number of benzene rings is 2. The first kappa shape index (κ1) is 14.2. The molecule has 2 aromatic heterocycles. The van der Waals surface area contributed by atoms with Gasteiger partial charge in [0.05, 0.1) is 5.69 Å². The SMILES string of the molecule is O=c1cc(-c2ccccc2)nc2c(-c3ccccc3)c(C3CC3)[nH]n12. The summed E-state index contributed by atoms with van der Waals surface area (Å²) in [5.74, 6) is 0.497. The van der Waals surface area contributed by atoms with Crippen LogP contribution in [0, 0.1) is 0 Å². The number of H-pyrrole nitrogens is 1. The van der Waals surface area contributed by atoms with Gasteiger partial charge in [0.25, 0.3) is 5.56 Å². The Balaban J connectivity index is 1.83. The lowest BCUT2D eigenvalue weighted by Gasteiger charge is -2.04. The Hall–Kier alpha value is -3.14. The summed E-state index contributed by atoms with van der Waals surface area (Å²) >= 11 is 0. The number of nitrogens with one attached hydrogen (secondary N) is 1. The third-order valence-corrected chi connectivity index (χ3v) is 4.76. The molecule has 25 heavy (non-hydrogen) atoms. The second kappa shape index (κ2) is 5.45. The van der Waals surface area contributed by atoms with E-state index in [0.29, 0.717) is 17.3 Å². The fourth-order valence-electron chi connectivity index (χ4n) is 3.37. The summed E-state index contributed by atoms with van der Waals surface area (Å²) in [6, 6.07) is 21.7. The molecule has 1 N–H and O–H groups in total. The zero-order chi connectivity index (χ0) is 16.8. The molecule has 1 aliphatic rings. The van der Waals surface area contributed by atoms with Crippen LogP contribution >= 0.6 is 0 Å². The summed E-state index contributed by atoms with van der Waals surface area (Å²) in [7, 11) is 0. The minimum atomic E-state index is -0.0760. The van der Waals surface area contributed by atoms with E-state index in [9.17, 15) is 4.79 Å². The van der Waals surface area contributed by atoms with E-state index in [1.165, 1.54) is 0 Å². The van der Waals surface area contributed by atoms with E-state index < -0.39 is 0 Å². The predicted molar refractivity (Wildman–Crippen MR) is 98.7 cm³/mol. The van der Waals surface area contributed by atoms with Gasteiger partial charge in [-0.15, -0.1) is 0 Å². The lowest BCUT2D eigenvalue weighted by atomic mass is 10.0. The fourth-order valence-corrected chi connectivity index (χ4v) is 3.37. The maximum Gasteiger partial charge on any atom is 0.273 e. The molecule has 0 radical (unpaired) electrons. The van der Waals surface area contributed by atoms with E-state index >= 15 is 0 Å². The zero-order valence-corrected chi connectivity index (χ0v) is 13.6. The van der Waals surface area contributed by atoms with E-state index in [4.69, 9.17) is 4.98 Å². The van der Waals surface area contributed by atoms with E-state index in [2.05, 4.69) is 17.2 Å². The Morgan fingerprint density at radius 3 is 2.20 bits per heavy atom. The molecule has 2 aromatic carbocycles. The van der Waals surface area contributed by atoms with Gasteiger partial charge in [0.1, 0.15) is 0 Å². The van der Waals surface area contributed by atoms with Gasteiger partial charge in [0.15, 0.2) is 5.65 Å². The van der Waals surface area contributed by atoms with Crippen LogP contribution in [0.4, 0.5) is 0 Å². The molecule has 5 rings (SSSR count). The molecule has 122 valence electrons. The van der Waals surface area contributed by atoms with Crippen LogP contribution in [0.15, 0.2) is 71.5 Å². The van der Waals surface area contributed by atoms with Crippen LogP contribution in [0.1, 0.15) is 24.5 Å². The molecule has 0 aliphatic heterocycles. The Morgan fingerprint density at radius 1 is 0.920 bits per heavy atom. The molecule has 0 atom stereocenters. The average Bonchev–Trinajstić information content (AvgIpc) is 3.43. The van der Waals surface area contributed by atoms with Crippen LogP contribution in [-0.2, 0) is 0 Å². The molecule has 2 heterocycles. The molecule has 4 nitrogen and oxygen atoms in total. The van der Waals surface area contributed by atoms with Gasteiger partial charge in [0, 0.05) is 28.8 Å². The maximum atomic E-state index is 12.7. The number of nitrogens with zero attached hydrogens (tertiary/aromatic N) is 2. The van der Waals surface area contributed by atoms with Crippen molar-refractivity contribution in [3.63, 3.8) is 0 Å². The largest absolute Gasteiger partial charge is 0.293 e. The van der Waals surface area contributed by atoms with Gasteiger partial charge in [-0.2, -0.15) is 0 Å². The maximum absolute atomic E-state index is 12.7. The molecular weight excluding hydrogens is 310 g/mol. The topological polar surface area (TPSA) is 50.2 Å². The highest BCUT2D eigenvalue weighted by Crippen LogP contribution is 2.44. The van der Waals surface area contributed by atoms with Crippen molar-refractivity contribution >= 4 is 5.65 Å². The van der Waals surface area contributed by atoms with Gasteiger partial charge in [-0.3, -0.25) is 9.89 Å². The standard InChI is InChI=1S/C21H17N3O/c25-18-13-17(14-7-3-1-4-8-14)22-21-19(15-9-5-2-6-10-15)20(16-11-12-16)23-24(18)21/h1-10,13,16,23H,11-12H2. The number of hydrogen-bond donors (Lipinski definition) is 1. The lowest BCUT2D eigenvalue weighted by molar-refractivity contribution is 0.855. The third kappa shape index (κ3) is 2.38. The lowest BCUT2D eigenvalue weighted by Crippen LogP contribution is -2.14. The van der Waals surface area contributed by atoms with Crippen LogP contribution < -0.4 is 5.56 Å². The van der Waals surface area contributed by atoms with E-state index in [-0.39, 0.29) is 5.56 Å². The third-order valence-electron chi connectivity index (χ3n) is 4.76. The van der Waals surface area contributed by atoms with E-state index in [0.717, 1.165) is 35.2 Å². The number of aromatic nitrogens is 3. The number of rotatable bonds is 3. The molecule has 0 saturated heterocycles. The summed E-state index contributed by atoms with van der Waals surface area (Å²) in [5, 5.41) is 3.31. The van der Waals surface area contributed by atoms with Crippen molar-refractivity contribution in [2.75, 3.05) is 0 Å². The Bertz CT molecular complexity index is 1110. The second-order valence-electron chi connectivity index (χ2n) is 6.55. The molecule has 0 spiro atoms. The van der Waals surface area contributed by atoms with Crippen molar-refractivity contribution in [3.8, 4) is 22.4 Å². The van der Waals surface area contributed by atoms with Crippen molar-refractivity contribution in [3.05, 3.63) is 82.8 Å². The fraction of sp³-hybridized carbons (Fsp3) is 0.143. The Kier molecular flexibility index (Phi) is 3.10. The first-order valence-electron chi connectivity index (χ1n) is 8.58. The molecule has 0 unspecified atom stereocenters. The molecular formula is C21H17N3O. The molecule has 1 fully saturated rings. The quantitative estimate of drug-likeness (QED) is 0.612. The van der Waals surface area contributed by atoms with Crippen molar-refractivity contribution in [2.45, 2.75) is 18.8 Å². The number of aromatic amines is 1. The van der Waals surface area contributed by atoms with Gasteiger partial charge < -0.3 is 0 Å². The van der Waals surface area contributed by atoms with Gasteiger partial charge >= 0.3 is 0 Å². The Labute approximate surface area is 144 Å². The van der Waals surface area contributed by atoms with E-state index in [1.807, 2.05) is 48.5 Å². The summed E-state index contributed by atoms with van der Waals surface area (Å²) in [4.78, 5) is 17.5. The van der Waals surface area contributed by atoms with Crippen LogP contribution in [-0.4, -0.2) is 14.6 Å². The number of hydrogen-bond acceptors (Lipinski definition) is 2. The summed E-state index contributed by atoms with van der Waals surface area (Å²) in [6.07, 6.45) is 2.32. The number of fused-ring (bicyclic) bond motifs is 1. The Morgan fingerprint density at radius 2 is 1.56 bits per heavy atom. The highest BCUT2D eigenvalue weighted by molar-refractivity contribution is 5.82. The van der Waals surface area contributed by atoms with Gasteiger partial charge in [0.2, 0.25) is 0 Å². The highest BCUT2D eigenvalue weighted by atomic mass is 16.1. The smallest absolute Gasteiger partial charge is 0.273 e. The van der Waals surface area contributed by atoms with Gasteiger partial charge in [-0.25, -0.2) is 9.50 Å². The van der Waals surface area contributed by atoms with Gasteiger partial charge in [-0.1, -0.05) is 60.7 Å². The summed E-state index contributed by atoms with van der Waals surface area (Å²) in [6.45, 7) is 0. The van der Waals surface area contributed by atoms with Gasteiger partial charge in [-0.05, 0) is 18.4 Å².